The highest BCUT2D eigenvalue weighted by molar-refractivity contribution is 5.52. The van der Waals surface area contributed by atoms with Crippen molar-refractivity contribution in [1.82, 2.24) is 4.98 Å². The largest absolute Gasteiger partial charge is 0.364 e. The van der Waals surface area contributed by atoms with E-state index in [9.17, 15) is 0 Å². The monoisotopic (exact) mass is 201 g/mol. The lowest BCUT2D eigenvalue weighted by atomic mass is 10.0. The van der Waals surface area contributed by atoms with E-state index in [4.69, 9.17) is 5.26 Å². The number of rotatable bonds is 2. The van der Waals surface area contributed by atoms with Gasteiger partial charge in [-0.05, 0) is 31.9 Å². The van der Waals surface area contributed by atoms with Gasteiger partial charge in [-0.3, -0.25) is 0 Å². The summed E-state index contributed by atoms with van der Waals surface area (Å²) in [7, 11) is 0. The van der Waals surface area contributed by atoms with Crippen LogP contribution in [0.3, 0.4) is 0 Å². The lowest BCUT2D eigenvalue weighted by Gasteiger charge is -2.26. The SMILES string of the molecule is CC1(Nc2ncccc2C#N)CCCC1. The zero-order valence-electron chi connectivity index (χ0n) is 8.95. The highest BCUT2D eigenvalue weighted by Gasteiger charge is 2.29. The molecule has 15 heavy (non-hydrogen) atoms. The van der Waals surface area contributed by atoms with Gasteiger partial charge in [0.15, 0.2) is 0 Å². The molecular formula is C12H15N3. The van der Waals surface area contributed by atoms with Gasteiger partial charge in [-0.15, -0.1) is 0 Å². The van der Waals surface area contributed by atoms with Crippen LogP contribution in [0.15, 0.2) is 18.3 Å². The predicted octanol–water partition coefficient (Wildman–Crippen LogP) is 2.70. The average molecular weight is 201 g/mol. The minimum atomic E-state index is 0.125. The molecule has 78 valence electrons. The van der Waals surface area contributed by atoms with Crippen LogP contribution in [0.5, 0.6) is 0 Å². The van der Waals surface area contributed by atoms with Crippen LogP contribution in [0.1, 0.15) is 38.2 Å². The molecule has 1 heterocycles. The normalized spacial score (nSPS) is 18.4. The Labute approximate surface area is 90.1 Å². The Kier molecular flexibility index (Phi) is 2.59. The highest BCUT2D eigenvalue weighted by Crippen LogP contribution is 2.32. The molecule has 1 aromatic heterocycles. The molecule has 0 unspecified atom stereocenters. The van der Waals surface area contributed by atoms with Crippen LogP contribution in [-0.2, 0) is 0 Å². The molecule has 3 nitrogen and oxygen atoms in total. The fourth-order valence-corrected chi connectivity index (χ4v) is 2.16. The quantitative estimate of drug-likeness (QED) is 0.800. The van der Waals surface area contributed by atoms with Gasteiger partial charge in [0.2, 0.25) is 0 Å². The number of hydrogen-bond acceptors (Lipinski definition) is 3. The lowest BCUT2D eigenvalue weighted by molar-refractivity contribution is 0.531. The van der Waals surface area contributed by atoms with Gasteiger partial charge < -0.3 is 5.32 Å². The molecule has 1 aliphatic rings. The smallest absolute Gasteiger partial charge is 0.144 e. The molecule has 1 aliphatic carbocycles. The molecule has 0 aliphatic heterocycles. The van der Waals surface area contributed by atoms with Gasteiger partial charge in [0, 0.05) is 11.7 Å². The van der Waals surface area contributed by atoms with Gasteiger partial charge in [-0.25, -0.2) is 4.98 Å². The van der Waals surface area contributed by atoms with Crippen LogP contribution in [-0.4, -0.2) is 10.5 Å². The van der Waals surface area contributed by atoms with Crippen molar-refractivity contribution in [3.05, 3.63) is 23.9 Å². The fourth-order valence-electron chi connectivity index (χ4n) is 2.16. The number of anilines is 1. The van der Waals surface area contributed by atoms with Crippen molar-refractivity contribution in [3.8, 4) is 6.07 Å². The predicted molar refractivity (Wildman–Crippen MR) is 59.4 cm³/mol. The number of pyridine rings is 1. The summed E-state index contributed by atoms with van der Waals surface area (Å²) in [4.78, 5) is 4.22. The van der Waals surface area contributed by atoms with Crippen LogP contribution < -0.4 is 5.32 Å². The van der Waals surface area contributed by atoms with Gasteiger partial charge >= 0.3 is 0 Å². The third-order valence-electron chi connectivity index (χ3n) is 3.06. The minimum absolute atomic E-state index is 0.125. The van der Waals surface area contributed by atoms with E-state index in [1.54, 1.807) is 18.3 Å². The molecule has 3 heteroatoms. The van der Waals surface area contributed by atoms with Crippen molar-refractivity contribution in [2.45, 2.75) is 38.1 Å². The molecule has 0 aromatic carbocycles. The first-order chi connectivity index (χ1) is 7.23. The molecular weight excluding hydrogens is 186 g/mol. The van der Waals surface area contributed by atoms with Crippen molar-refractivity contribution in [1.29, 1.82) is 5.26 Å². The zero-order chi connectivity index (χ0) is 10.7. The second-order valence-electron chi connectivity index (χ2n) is 4.40. The van der Waals surface area contributed by atoms with E-state index in [2.05, 4.69) is 23.3 Å². The molecule has 0 atom stereocenters. The zero-order valence-corrected chi connectivity index (χ0v) is 8.95. The molecule has 0 amide bonds. The van der Waals surface area contributed by atoms with E-state index in [0.717, 1.165) is 18.7 Å². The maximum absolute atomic E-state index is 8.95. The first-order valence-electron chi connectivity index (χ1n) is 5.37. The summed E-state index contributed by atoms with van der Waals surface area (Å²) < 4.78 is 0. The second kappa shape index (κ2) is 3.90. The van der Waals surface area contributed by atoms with Gasteiger partial charge in [0.25, 0.3) is 0 Å². The van der Waals surface area contributed by atoms with Crippen LogP contribution in [0.25, 0.3) is 0 Å². The number of nitriles is 1. The van der Waals surface area contributed by atoms with Gasteiger partial charge in [-0.1, -0.05) is 12.8 Å². The third kappa shape index (κ3) is 2.10. The highest BCUT2D eigenvalue weighted by atomic mass is 15.1. The van der Waals surface area contributed by atoms with Crippen molar-refractivity contribution in [3.63, 3.8) is 0 Å². The van der Waals surface area contributed by atoms with Crippen LogP contribution >= 0.6 is 0 Å². The molecule has 1 fully saturated rings. The standard InChI is InChI=1S/C12H15N3/c1-12(6-2-3-7-12)15-11-10(9-13)5-4-8-14-11/h4-5,8H,2-3,6-7H2,1H3,(H,14,15). The molecule has 1 aromatic rings. The Morgan fingerprint density at radius 2 is 2.20 bits per heavy atom. The number of aromatic nitrogens is 1. The van der Waals surface area contributed by atoms with E-state index in [1.165, 1.54) is 12.8 Å². The Balaban J connectivity index is 2.20. The van der Waals surface area contributed by atoms with E-state index < -0.39 is 0 Å². The van der Waals surface area contributed by atoms with Gasteiger partial charge in [0.05, 0.1) is 5.56 Å². The maximum Gasteiger partial charge on any atom is 0.144 e. The van der Waals surface area contributed by atoms with E-state index in [0.29, 0.717) is 5.56 Å². The summed E-state index contributed by atoms with van der Waals surface area (Å²) in [5.41, 5.74) is 0.755. The topological polar surface area (TPSA) is 48.7 Å². The number of hydrogen-bond donors (Lipinski definition) is 1. The molecule has 2 rings (SSSR count). The molecule has 0 bridgehead atoms. The maximum atomic E-state index is 8.95. The Morgan fingerprint density at radius 1 is 1.47 bits per heavy atom. The molecule has 0 radical (unpaired) electrons. The molecule has 1 N–H and O–H groups in total. The van der Waals surface area contributed by atoms with Crippen molar-refractivity contribution < 1.29 is 0 Å². The van der Waals surface area contributed by atoms with Crippen LogP contribution in [0.2, 0.25) is 0 Å². The lowest BCUT2D eigenvalue weighted by Crippen LogP contribution is -2.31. The van der Waals surface area contributed by atoms with Crippen LogP contribution in [0, 0.1) is 11.3 Å². The summed E-state index contributed by atoms with van der Waals surface area (Å²) in [5, 5.41) is 12.3. The first-order valence-corrected chi connectivity index (χ1v) is 5.37. The Hall–Kier alpha value is -1.56. The third-order valence-corrected chi connectivity index (χ3v) is 3.06. The number of nitrogens with one attached hydrogen (secondary N) is 1. The molecule has 1 saturated carbocycles. The summed E-state index contributed by atoms with van der Waals surface area (Å²) in [6.07, 6.45) is 6.57. The summed E-state index contributed by atoms with van der Waals surface area (Å²) in [6.45, 7) is 2.20. The van der Waals surface area contributed by atoms with Crippen molar-refractivity contribution in [2.24, 2.45) is 0 Å². The minimum Gasteiger partial charge on any atom is -0.364 e. The fraction of sp³-hybridized carbons (Fsp3) is 0.500. The number of nitrogens with zero attached hydrogens (tertiary/aromatic N) is 2. The van der Waals surface area contributed by atoms with E-state index >= 15 is 0 Å². The summed E-state index contributed by atoms with van der Waals surface area (Å²) in [6, 6.07) is 5.75. The second-order valence-corrected chi connectivity index (χ2v) is 4.40. The molecule has 0 saturated heterocycles. The summed E-state index contributed by atoms with van der Waals surface area (Å²) in [5.74, 6) is 0.726. The van der Waals surface area contributed by atoms with E-state index in [-0.39, 0.29) is 5.54 Å². The van der Waals surface area contributed by atoms with Crippen LogP contribution in [0.4, 0.5) is 5.82 Å². The van der Waals surface area contributed by atoms with E-state index in [1.807, 2.05) is 0 Å². The molecule has 0 spiro atoms. The Bertz CT molecular complexity index is 386. The summed E-state index contributed by atoms with van der Waals surface area (Å²) >= 11 is 0. The first kappa shape index (κ1) is 9.97. The Morgan fingerprint density at radius 3 is 2.87 bits per heavy atom. The van der Waals surface area contributed by atoms with Gasteiger partial charge in [0.1, 0.15) is 11.9 Å². The van der Waals surface area contributed by atoms with Crippen molar-refractivity contribution >= 4 is 5.82 Å². The van der Waals surface area contributed by atoms with Crippen molar-refractivity contribution in [2.75, 3.05) is 5.32 Å². The average Bonchev–Trinajstić information content (AvgIpc) is 2.66. The van der Waals surface area contributed by atoms with Gasteiger partial charge in [-0.2, -0.15) is 5.26 Å².